The zero-order valence-corrected chi connectivity index (χ0v) is 7.05. The van der Waals surface area contributed by atoms with Crippen molar-refractivity contribution in [1.29, 1.82) is 0 Å². The Morgan fingerprint density at radius 1 is 1.42 bits per heavy atom. The van der Waals surface area contributed by atoms with Gasteiger partial charge in [0.05, 0.1) is 0 Å². The highest BCUT2D eigenvalue weighted by atomic mass is 16.2. The molecule has 62 valence electrons. The summed E-state index contributed by atoms with van der Waals surface area (Å²) in [5.41, 5.74) is 2.14. The van der Waals surface area contributed by atoms with E-state index in [9.17, 15) is 4.79 Å². The van der Waals surface area contributed by atoms with Gasteiger partial charge in [0.2, 0.25) is 0 Å². The molecular formula is C10H11NO. The van der Waals surface area contributed by atoms with Gasteiger partial charge in [0.1, 0.15) is 0 Å². The number of rotatable bonds is 1. The monoisotopic (exact) mass is 161 g/mol. The van der Waals surface area contributed by atoms with Crippen LogP contribution in [0.4, 0.5) is 0 Å². The Morgan fingerprint density at radius 3 is 2.58 bits per heavy atom. The Kier molecular flexibility index (Phi) is 2.29. The number of allylic oxidation sites excluding steroid dienone is 4. The van der Waals surface area contributed by atoms with Crippen LogP contribution in [0.1, 0.15) is 6.92 Å². The number of carbonyl (C=O) groups excluding carboxylic acids is 1. The molecule has 0 aromatic heterocycles. The molecule has 1 saturated heterocycles. The lowest BCUT2D eigenvalue weighted by Crippen LogP contribution is -2.12. The molecule has 1 heterocycles. The van der Waals surface area contributed by atoms with Gasteiger partial charge < -0.3 is 5.32 Å². The van der Waals surface area contributed by atoms with Crippen LogP contribution < -0.4 is 5.32 Å². The molecule has 0 aromatic carbocycles. The number of hydrogen-bond donors (Lipinski definition) is 1. The number of amides is 1. The summed E-state index contributed by atoms with van der Waals surface area (Å²) in [5, 5.41) is 2.63. The first-order chi connectivity index (χ1) is 5.70. The van der Waals surface area contributed by atoms with Crippen LogP contribution in [0.25, 0.3) is 0 Å². The van der Waals surface area contributed by atoms with E-state index in [2.05, 4.69) is 18.5 Å². The normalized spacial score (nSPS) is 23.4. The first-order valence-electron chi connectivity index (χ1n) is 3.70. The van der Waals surface area contributed by atoms with Crippen molar-refractivity contribution in [3.05, 3.63) is 48.2 Å². The van der Waals surface area contributed by atoms with Gasteiger partial charge in [-0.1, -0.05) is 31.4 Å². The predicted octanol–water partition coefficient (Wildman–Crippen LogP) is 1.69. The average Bonchev–Trinajstić information content (AvgIpc) is 2.28. The first-order valence-corrected chi connectivity index (χ1v) is 3.70. The lowest BCUT2D eigenvalue weighted by Gasteiger charge is -1.94. The van der Waals surface area contributed by atoms with E-state index in [0.29, 0.717) is 11.3 Å². The Balaban J connectivity index is 3.15. The second-order valence-electron chi connectivity index (χ2n) is 2.45. The number of carbonyl (C=O) groups is 1. The minimum absolute atomic E-state index is 0.0874. The predicted molar refractivity (Wildman–Crippen MR) is 49.3 cm³/mol. The van der Waals surface area contributed by atoms with E-state index >= 15 is 0 Å². The van der Waals surface area contributed by atoms with Gasteiger partial charge in [0, 0.05) is 16.8 Å². The van der Waals surface area contributed by atoms with E-state index in [0.717, 1.165) is 5.57 Å². The fourth-order valence-electron chi connectivity index (χ4n) is 1.15. The molecule has 1 amide bonds. The lowest BCUT2D eigenvalue weighted by atomic mass is 10.1. The minimum Gasteiger partial charge on any atom is -0.322 e. The molecule has 0 spiro atoms. The Morgan fingerprint density at radius 2 is 2.08 bits per heavy atom. The van der Waals surface area contributed by atoms with Crippen LogP contribution in [-0.4, -0.2) is 5.91 Å². The van der Waals surface area contributed by atoms with Gasteiger partial charge in [-0.15, -0.1) is 0 Å². The number of nitrogens with one attached hydrogen (secondary N) is 1. The van der Waals surface area contributed by atoms with E-state index in [1.165, 1.54) is 0 Å². The zero-order chi connectivity index (χ0) is 9.14. The largest absolute Gasteiger partial charge is 0.322 e. The summed E-state index contributed by atoms with van der Waals surface area (Å²) in [5.74, 6) is -0.0874. The van der Waals surface area contributed by atoms with Crippen LogP contribution in [0, 0.1) is 0 Å². The maximum atomic E-state index is 11.2. The van der Waals surface area contributed by atoms with Crippen molar-refractivity contribution in [2.45, 2.75) is 6.92 Å². The molecule has 1 fully saturated rings. The molecule has 0 radical (unpaired) electrons. The molecule has 1 aliphatic heterocycles. The van der Waals surface area contributed by atoms with Crippen molar-refractivity contribution < 1.29 is 4.79 Å². The third-order valence-electron chi connectivity index (χ3n) is 1.70. The van der Waals surface area contributed by atoms with Gasteiger partial charge in [-0.2, -0.15) is 0 Å². The second kappa shape index (κ2) is 3.22. The summed E-state index contributed by atoms with van der Waals surface area (Å²) in [6, 6.07) is 0. The van der Waals surface area contributed by atoms with E-state index in [1.807, 2.05) is 6.92 Å². The molecule has 0 unspecified atom stereocenters. The molecule has 1 aliphatic rings. The summed E-state index contributed by atoms with van der Waals surface area (Å²) in [6.07, 6.45) is 5.18. The Labute approximate surface area is 72.0 Å². The summed E-state index contributed by atoms with van der Waals surface area (Å²) in [7, 11) is 0. The van der Waals surface area contributed by atoms with Gasteiger partial charge in [-0.25, -0.2) is 0 Å². The molecule has 0 aliphatic carbocycles. The van der Waals surface area contributed by atoms with E-state index in [-0.39, 0.29) is 5.91 Å². The fourth-order valence-corrected chi connectivity index (χ4v) is 1.15. The molecule has 0 saturated carbocycles. The van der Waals surface area contributed by atoms with Crippen LogP contribution in [0.15, 0.2) is 48.2 Å². The zero-order valence-electron chi connectivity index (χ0n) is 7.05. The molecule has 0 bridgehead atoms. The first kappa shape index (κ1) is 8.53. The average molecular weight is 161 g/mol. The lowest BCUT2D eigenvalue weighted by molar-refractivity contribution is -0.115. The molecule has 1 N–H and O–H groups in total. The van der Waals surface area contributed by atoms with Crippen molar-refractivity contribution in [3.8, 4) is 0 Å². The molecule has 12 heavy (non-hydrogen) atoms. The van der Waals surface area contributed by atoms with Crippen LogP contribution in [0.5, 0.6) is 0 Å². The SMILES string of the molecule is C=C/C=C1/C(=C)NC(=O)/C1=C/C. The van der Waals surface area contributed by atoms with Crippen molar-refractivity contribution in [2.75, 3.05) is 0 Å². The van der Waals surface area contributed by atoms with Crippen molar-refractivity contribution in [2.24, 2.45) is 0 Å². The molecule has 1 rings (SSSR count). The highest BCUT2D eigenvalue weighted by molar-refractivity contribution is 6.04. The summed E-state index contributed by atoms with van der Waals surface area (Å²) in [6.45, 7) is 9.11. The van der Waals surface area contributed by atoms with Crippen molar-refractivity contribution in [3.63, 3.8) is 0 Å². The maximum Gasteiger partial charge on any atom is 0.256 e. The van der Waals surface area contributed by atoms with Gasteiger partial charge in [-0.05, 0) is 6.92 Å². The van der Waals surface area contributed by atoms with Crippen LogP contribution in [0.2, 0.25) is 0 Å². The maximum absolute atomic E-state index is 11.2. The Hall–Kier alpha value is -1.57. The third-order valence-corrected chi connectivity index (χ3v) is 1.70. The highest BCUT2D eigenvalue weighted by Gasteiger charge is 2.23. The second-order valence-corrected chi connectivity index (χ2v) is 2.45. The molecule has 2 nitrogen and oxygen atoms in total. The fraction of sp³-hybridized carbons (Fsp3) is 0.100. The smallest absolute Gasteiger partial charge is 0.256 e. The number of hydrogen-bond acceptors (Lipinski definition) is 1. The topological polar surface area (TPSA) is 29.1 Å². The van der Waals surface area contributed by atoms with Crippen LogP contribution in [0.3, 0.4) is 0 Å². The van der Waals surface area contributed by atoms with Crippen molar-refractivity contribution in [1.82, 2.24) is 5.32 Å². The van der Waals surface area contributed by atoms with E-state index in [1.54, 1.807) is 18.2 Å². The molecule has 0 aromatic rings. The Bertz CT molecular complexity index is 308. The summed E-state index contributed by atoms with van der Waals surface area (Å²) in [4.78, 5) is 11.2. The standard InChI is InChI=1S/C10H11NO/c1-4-6-9-7(3)11-10(12)8(9)5-2/h4-6H,1,3H2,2H3,(H,11,12)/b8-5+,9-6-. The van der Waals surface area contributed by atoms with Gasteiger partial charge in [-0.3, -0.25) is 4.79 Å². The van der Waals surface area contributed by atoms with Gasteiger partial charge >= 0.3 is 0 Å². The van der Waals surface area contributed by atoms with Crippen LogP contribution >= 0.6 is 0 Å². The molecule has 2 heteroatoms. The minimum atomic E-state index is -0.0874. The molecular weight excluding hydrogens is 150 g/mol. The van der Waals surface area contributed by atoms with Gasteiger partial charge in [0.15, 0.2) is 0 Å². The van der Waals surface area contributed by atoms with Crippen LogP contribution in [-0.2, 0) is 4.79 Å². The highest BCUT2D eigenvalue weighted by Crippen LogP contribution is 2.23. The van der Waals surface area contributed by atoms with Gasteiger partial charge in [0.25, 0.3) is 5.91 Å². The summed E-state index contributed by atoms with van der Waals surface area (Å²) < 4.78 is 0. The van der Waals surface area contributed by atoms with E-state index < -0.39 is 0 Å². The third kappa shape index (κ3) is 1.23. The van der Waals surface area contributed by atoms with Crippen molar-refractivity contribution >= 4 is 5.91 Å². The van der Waals surface area contributed by atoms with E-state index in [4.69, 9.17) is 0 Å². The quantitative estimate of drug-likeness (QED) is 0.582. The molecule has 0 atom stereocenters. The summed E-state index contributed by atoms with van der Waals surface area (Å²) >= 11 is 0.